The topological polar surface area (TPSA) is 46.6 Å². The van der Waals surface area contributed by atoms with Crippen LogP contribution in [0.15, 0.2) is 66.7 Å². The van der Waals surface area contributed by atoms with E-state index in [2.05, 4.69) is 0 Å². The van der Waals surface area contributed by atoms with E-state index >= 15 is 0 Å². The zero-order valence-electron chi connectivity index (χ0n) is 12.3. The first-order valence-corrected chi connectivity index (χ1v) is 6.89. The predicted octanol–water partition coefficient (Wildman–Crippen LogP) is 2.91. The number of likely N-dealkylation sites (N-methyl/N-ethyl adjacent to an activating group) is 1. The lowest BCUT2D eigenvalue weighted by Gasteiger charge is -2.17. The summed E-state index contributed by atoms with van der Waals surface area (Å²) in [6, 6.07) is 18.7. The molecule has 0 unspecified atom stereocenters. The van der Waals surface area contributed by atoms with Gasteiger partial charge in [-0.2, -0.15) is 0 Å². The van der Waals surface area contributed by atoms with Gasteiger partial charge in [-0.15, -0.1) is 0 Å². The number of esters is 2. The van der Waals surface area contributed by atoms with Crippen LogP contribution in [0.25, 0.3) is 6.08 Å². The number of ether oxygens (including phenoxy) is 1. The van der Waals surface area contributed by atoms with Gasteiger partial charge in [0.2, 0.25) is 0 Å². The van der Waals surface area contributed by atoms with E-state index in [1.165, 1.54) is 6.08 Å². The Morgan fingerprint density at radius 1 is 1.00 bits per heavy atom. The third-order valence-corrected chi connectivity index (χ3v) is 2.99. The van der Waals surface area contributed by atoms with Gasteiger partial charge in [-0.25, -0.2) is 9.59 Å². The first kappa shape index (κ1) is 15.5. The van der Waals surface area contributed by atoms with Gasteiger partial charge in [0, 0.05) is 18.8 Å². The summed E-state index contributed by atoms with van der Waals surface area (Å²) in [4.78, 5) is 25.0. The van der Waals surface area contributed by atoms with Crippen molar-refractivity contribution < 1.29 is 14.3 Å². The number of carbonyl (C=O) groups excluding carboxylic acids is 2. The zero-order valence-corrected chi connectivity index (χ0v) is 12.3. The van der Waals surface area contributed by atoms with Crippen molar-refractivity contribution in [2.45, 2.75) is 0 Å². The lowest BCUT2D eigenvalue weighted by Crippen LogP contribution is -2.28. The van der Waals surface area contributed by atoms with Gasteiger partial charge in [0.25, 0.3) is 0 Å². The number of anilines is 1. The van der Waals surface area contributed by atoms with Gasteiger partial charge in [0.1, 0.15) is 6.54 Å². The minimum absolute atomic E-state index is 0.00886. The quantitative estimate of drug-likeness (QED) is 0.483. The number of benzene rings is 2. The van der Waals surface area contributed by atoms with E-state index in [1.54, 1.807) is 18.0 Å². The molecule has 22 heavy (non-hydrogen) atoms. The third kappa shape index (κ3) is 4.90. The fraction of sp³-hybridized carbons (Fsp3) is 0.111. The summed E-state index contributed by atoms with van der Waals surface area (Å²) < 4.78 is 4.76. The number of nitrogens with zero attached hydrogens (tertiary/aromatic N) is 1. The van der Waals surface area contributed by atoms with Gasteiger partial charge in [-0.3, -0.25) is 0 Å². The molecule has 0 N–H and O–H groups in total. The van der Waals surface area contributed by atoms with Crippen molar-refractivity contribution in [2.24, 2.45) is 0 Å². The van der Waals surface area contributed by atoms with Gasteiger partial charge in [0.15, 0.2) is 0 Å². The number of carbonyl (C=O) groups is 2. The molecule has 0 bridgehead atoms. The fourth-order valence-corrected chi connectivity index (χ4v) is 1.87. The molecule has 112 valence electrons. The maximum absolute atomic E-state index is 11.7. The number of rotatable bonds is 5. The molecule has 0 saturated carbocycles. The second kappa shape index (κ2) is 7.78. The van der Waals surface area contributed by atoms with Crippen molar-refractivity contribution in [1.29, 1.82) is 0 Å². The van der Waals surface area contributed by atoms with Gasteiger partial charge >= 0.3 is 11.9 Å². The average Bonchev–Trinajstić information content (AvgIpc) is 2.54. The van der Waals surface area contributed by atoms with Crippen LogP contribution in [-0.4, -0.2) is 25.5 Å². The highest BCUT2D eigenvalue weighted by Gasteiger charge is 2.11. The van der Waals surface area contributed by atoms with E-state index in [-0.39, 0.29) is 6.54 Å². The summed E-state index contributed by atoms with van der Waals surface area (Å²) in [5.41, 5.74) is 1.75. The molecular weight excluding hydrogens is 278 g/mol. The molecule has 4 heteroatoms. The Labute approximate surface area is 129 Å². The third-order valence-electron chi connectivity index (χ3n) is 2.99. The molecule has 2 aromatic rings. The Morgan fingerprint density at radius 3 is 2.23 bits per heavy atom. The standard InChI is InChI=1S/C18H17NO3/c1-19(16-10-6-3-7-11-16)14-18(21)22-17(20)13-12-15-8-4-2-5-9-15/h2-13H,14H2,1H3. The summed E-state index contributed by atoms with van der Waals surface area (Å²) in [7, 11) is 1.76. The maximum atomic E-state index is 11.7. The molecule has 0 heterocycles. The SMILES string of the molecule is CN(CC(=O)OC(=O)C=Cc1ccccc1)c1ccccc1. The molecule has 0 saturated heterocycles. The Hall–Kier alpha value is -2.88. The highest BCUT2D eigenvalue weighted by molar-refractivity contribution is 5.95. The summed E-state index contributed by atoms with van der Waals surface area (Å²) in [5.74, 6) is -1.26. The molecule has 0 aliphatic carbocycles. The van der Waals surface area contributed by atoms with E-state index in [0.29, 0.717) is 0 Å². The Bertz CT molecular complexity index is 651. The lowest BCUT2D eigenvalue weighted by atomic mass is 10.2. The molecular formula is C18H17NO3. The first-order chi connectivity index (χ1) is 10.6. The van der Waals surface area contributed by atoms with Crippen LogP contribution in [0.3, 0.4) is 0 Å². The van der Waals surface area contributed by atoms with Gasteiger partial charge < -0.3 is 9.64 Å². The molecule has 0 spiro atoms. The second-order valence-corrected chi connectivity index (χ2v) is 4.73. The van der Waals surface area contributed by atoms with Crippen LogP contribution in [0, 0.1) is 0 Å². The molecule has 2 rings (SSSR count). The smallest absolute Gasteiger partial charge is 0.338 e. The molecule has 0 aliphatic rings. The monoisotopic (exact) mass is 295 g/mol. The van der Waals surface area contributed by atoms with E-state index in [1.807, 2.05) is 60.7 Å². The highest BCUT2D eigenvalue weighted by Crippen LogP contribution is 2.10. The van der Waals surface area contributed by atoms with Crippen LogP contribution in [-0.2, 0) is 14.3 Å². The number of hydrogen-bond donors (Lipinski definition) is 0. The van der Waals surface area contributed by atoms with Gasteiger partial charge in [-0.05, 0) is 23.8 Å². The Kier molecular flexibility index (Phi) is 5.49. The van der Waals surface area contributed by atoms with Crippen molar-refractivity contribution in [2.75, 3.05) is 18.5 Å². The summed E-state index contributed by atoms with van der Waals surface area (Å²) in [5, 5.41) is 0. The summed E-state index contributed by atoms with van der Waals surface area (Å²) in [6.07, 6.45) is 2.85. The number of para-hydroxylation sites is 1. The van der Waals surface area contributed by atoms with Crippen molar-refractivity contribution in [1.82, 2.24) is 0 Å². The predicted molar refractivity (Wildman–Crippen MR) is 86.3 cm³/mol. The van der Waals surface area contributed by atoms with E-state index in [0.717, 1.165) is 11.3 Å². The second-order valence-electron chi connectivity index (χ2n) is 4.73. The minimum Gasteiger partial charge on any atom is -0.389 e. The van der Waals surface area contributed by atoms with Crippen molar-refractivity contribution in [3.8, 4) is 0 Å². The lowest BCUT2D eigenvalue weighted by molar-refractivity contribution is -0.154. The van der Waals surface area contributed by atoms with Crippen molar-refractivity contribution in [3.63, 3.8) is 0 Å². The normalized spacial score (nSPS) is 10.4. The largest absolute Gasteiger partial charge is 0.389 e. The number of hydrogen-bond acceptors (Lipinski definition) is 4. The van der Waals surface area contributed by atoms with Crippen LogP contribution in [0.4, 0.5) is 5.69 Å². The molecule has 0 fully saturated rings. The zero-order chi connectivity index (χ0) is 15.8. The molecule has 0 aliphatic heterocycles. The van der Waals surface area contributed by atoms with Crippen LogP contribution in [0.5, 0.6) is 0 Å². The summed E-state index contributed by atoms with van der Waals surface area (Å²) in [6.45, 7) is 0.00886. The average molecular weight is 295 g/mol. The van der Waals surface area contributed by atoms with Crippen molar-refractivity contribution >= 4 is 23.7 Å². The Morgan fingerprint density at radius 2 is 1.59 bits per heavy atom. The van der Waals surface area contributed by atoms with Crippen molar-refractivity contribution in [3.05, 3.63) is 72.3 Å². The maximum Gasteiger partial charge on any atom is 0.338 e. The summed E-state index contributed by atoms with van der Waals surface area (Å²) >= 11 is 0. The van der Waals surface area contributed by atoms with Gasteiger partial charge in [0.05, 0.1) is 0 Å². The first-order valence-electron chi connectivity index (χ1n) is 6.89. The van der Waals surface area contributed by atoms with Crippen LogP contribution in [0.2, 0.25) is 0 Å². The molecule has 2 aromatic carbocycles. The molecule has 4 nitrogen and oxygen atoms in total. The molecule has 0 radical (unpaired) electrons. The highest BCUT2D eigenvalue weighted by atomic mass is 16.6. The molecule has 0 amide bonds. The molecule has 0 aromatic heterocycles. The minimum atomic E-state index is -0.671. The Balaban J connectivity index is 1.84. The van der Waals surface area contributed by atoms with Crippen LogP contribution >= 0.6 is 0 Å². The molecule has 0 atom stereocenters. The van der Waals surface area contributed by atoms with Crippen LogP contribution in [0.1, 0.15) is 5.56 Å². The fourth-order valence-electron chi connectivity index (χ4n) is 1.87. The van der Waals surface area contributed by atoms with E-state index in [9.17, 15) is 9.59 Å². The van der Waals surface area contributed by atoms with E-state index < -0.39 is 11.9 Å². The van der Waals surface area contributed by atoms with Crippen LogP contribution < -0.4 is 4.90 Å². The van der Waals surface area contributed by atoms with E-state index in [4.69, 9.17) is 4.74 Å². The van der Waals surface area contributed by atoms with Gasteiger partial charge in [-0.1, -0.05) is 48.5 Å².